The topological polar surface area (TPSA) is 84.0 Å². The first-order chi connectivity index (χ1) is 11.9. The van der Waals surface area contributed by atoms with E-state index in [1.807, 2.05) is 0 Å². The van der Waals surface area contributed by atoms with Gasteiger partial charge in [0.2, 0.25) is 0 Å². The second-order valence-corrected chi connectivity index (χ2v) is 6.14. The number of anilines is 1. The van der Waals surface area contributed by atoms with E-state index in [0.717, 1.165) is 0 Å². The van der Waals surface area contributed by atoms with Gasteiger partial charge >= 0.3 is 6.03 Å². The molecule has 9 heteroatoms. The van der Waals surface area contributed by atoms with Crippen LogP contribution in [0.2, 0.25) is 15.1 Å². The molecule has 0 aliphatic carbocycles. The highest BCUT2D eigenvalue weighted by Gasteiger charge is 2.17. The molecule has 1 aromatic heterocycles. The highest BCUT2D eigenvalue weighted by atomic mass is 35.5. The number of hydrogen-bond donors (Lipinski definition) is 2. The lowest BCUT2D eigenvalue weighted by molar-refractivity contribution is 0.0967. The van der Waals surface area contributed by atoms with Crippen LogP contribution in [0.25, 0.3) is 11.0 Å². The summed E-state index contributed by atoms with van der Waals surface area (Å²) in [5.74, 6) is -0.556. The van der Waals surface area contributed by atoms with Gasteiger partial charge in [-0.25, -0.2) is 9.78 Å². The predicted octanol–water partition coefficient (Wildman–Crippen LogP) is 4.55. The molecule has 2 N–H and O–H groups in total. The van der Waals surface area contributed by atoms with Crippen molar-refractivity contribution < 1.29 is 9.59 Å². The highest BCUT2D eigenvalue weighted by molar-refractivity contribution is 6.40. The Bertz CT molecular complexity index is 974. The number of hydrogen-bond acceptors (Lipinski definition) is 4. The van der Waals surface area contributed by atoms with Crippen LogP contribution in [0.15, 0.2) is 42.6 Å². The van der Waals surface area contributed by atoms with Crippen LogP contribution in [0.3, 0.4) is 0 Å². The van der Waals surface area contributed by atoms with Gasteiger partial charge in [-0.3, -0.25) is 20.4 Å². The SMILES string of the molecule is O=C(NC(=O)c1c(Cl)cccc1Cl)Nc1cnc2cc(Cl)ccc2n1. The summed E-state index contributed by atoms with van der Waals surface area (Å²) in [6.07, 6.45) is 1.35. The molecule has 0 atom stereocenters. The fourth-order valence-electron chi connectivity index (χ4n) is 2.07. The van der Waals surface area contributed by atoms with E-state index in [1.54, 1.807) is 24.3 Å². The molecule has 0 aliphatic heterocycles. The van der Waals surface area contributed by atoms with Crippen molar-refractivity contribution in [1.29, 1.82) is 0 Å². The molecule has 3 aromatic rings. The molecule has 0 aliphatic rings. The van der Waals surface area contributed by atoms with E-state index >= 15 is 0 Å². The number of aromatic nitrogens is 2. The number of nitrogens with one attached hydrogen (secondary N) is 2. The van der Waals surface area contributed by atoms with Gasteiger partial charge in [0.15, 0.2) is 5.82 Å². The Hall–Kier alpha value is -2.41. The molecule has 3 amide bonds. The van der Waals surface area contributed by atoms with Gasteiger partial charge in [-0.2, -0.15) is 0 Å². The second kappa shape index (κ2) is 7.23. The van der Waals surface area contributed by atoms with Gasteiger partial charge in [0.05, 0.1) is 32.8 Å². The van der Waals surface area contributed by atoms with Gasteiger partial charge in [0.25, 0.3) is 5.91 Å². The van der Waals surface area contributed by atoms with Gasteiger partial charge in [-0.05, 0) is 30.3 Å². The molecule has 0 saturated heterocycles. The molecular formula is C16H9Cl3N4O2. The minimum Gasteiger partial charge on any atom is -0.291 e. The molecule has 0 fully saturated rings. The van der Waals surface area contributed by atoms with Gasteiger partial charge in [-0.1, -0.05) is 40.9 Å². The number of urea groups is 1. The van der Waals surface area contributed by atoms with Crippen molar-refractivity contribution in [1.82, 2.24) is 15.3 Å². The molecule has 0 saturated carbocycles. The molecule has 1 heterocycles. The summed E-state index contributed by atoms with van der Waals surface area (Å²) in [4.78, 5) is 32.5. The fourth-order valence-corrected chi connectivity index (χ4v) is 2.81. The van der Waals surface area contributed by atoms with E-state index in [-0.39, 0.29) is 21.4 Å². The molecule has 3 rings (SSSR count). The standard InChI is InChI=1S/C16H9Cl3N4O2/c17-8-4-5-11-12(6-8)20-7-13(21-11)22-16(25)23-15(24)14-9(18)2-1-3-10(14)19/h1-7H,(H2,21,22,23,24,25). The van der Waals surface area contributed by atoms with Gasteiger partial charge in [-0.15, -0.1) is 0 Å². The number of rotatable bonds is 2. The summed E-state index contributed by atoms with van der Waals surface area (Å²) in [7, 11) is 0. The van der Waals surface area contributed by atoms with E-state index in [0.29, 0.717) is 16.1 Å². The molecule has 126 valence electrons. The Morgan fingerprint density at radius 2 is 1.68 bits per heavy atom. The summed E-state index contributed by atoms with van der Waals surface area (Å²) in [5, 5.41) is 5.37. The maximum absolute atomic E-state index is 12.1. The number of imide groups is 1. The van der Waals surface area contributed by atoms with E-state index in [1.165, 1.54) is 18.3 Å². The zero-order valence-electron chi connectivity index (χ0n) is 12.4. The molecule has 0 unspecified atom stereocenters. The summed E-state index contributed by atoms with van der Waals surface area (Å²) in [6.45, 7) is 0. The lowest BCUT2D eigenvalue weighted by Gasteiger charge is -2.08. The number of carbonyl (C=O) groups is 2. The summed E-state index contributed by atoms with van der Waals surface area (Å²) in [5.41, 5.74) is 1.14. The van der Waals surface area contributed by atoms with Crippen molar-refractivity contribution in [3.63, 3.8) is 0 Å². The van der Waals surface area contributed by atoms with Crippen molar-refractivity contribution in [2.45, 2.75) is 0 Å². The lowest BCUT2D eigenvalue weighted by atomic mass is 10.2. The third kappa shape index (κ3) is 3.99. The van der Waals surface area contributed by atoms with Crippen LogP contribution < -0.4 is 10.6 Å². The van der Waals surface area contributed by atoms with Gasteiger partial charge in [0, 0.05) is 5.02 Å². The number of halogens is 3. The van der Waals surface area contributed by atoms with Crippen molar-refractivity contribution >= 4 is 63.6 Å². The van der Waals surface area contributed by atoms with Crippen LogP contribution in [0.4, 0.5) is 10.6 Å². The molecule has 0 spiro atoms. The lowest BCUT2D eigenvalue weighted by Crippen LogP contribution is -2.35. The third-order valence-corrected chi connectivity index (χ3v) is 4.03. The smallest absolute Gasteiger partial charge is 0.291 e. The van der Waals surface area contributed by atoms with E-state index in [9.17, 15) is 9.59 Å². The summed E-state index contributed by atoms with van der Waals surface area (Å²) in [6, 6.07) is 8.78. The normalized spacial score (nSPS) is 10.5. The average molecular weight is 396 g/mol. The molecule has 2 aromatic carbocycles. The zero-order valence-corrected chi connectivity index (χ0v) is 14.7. The highest BCUT2D eigenvalue weighted by Crippen LogP contribution is 2.24. The number of carbonyl (C=O) groups excluding carboxylic acids is 2. The van der Waals surface area contributed by atoms with E-state index in [4.69, 9.17) is 34.8 Å². The van der Waals surface area contributed by atoms with Crippen LogP contribution in [-0.4, -0.2) is 21.9 Å². The molecule has 6 nitrogen and oxygen atoms in total. The van der Waals surface area contributed by atoms with Gasteiger partial charge in [0.1, 0.15) is 0 Å². The third-order valence-electron chi connectivity index (χ3n) is 3.16. The molecule has 25 heavy (non-hydrogen) atoms. The van der Waals surface area contributed by atoms with Crippen LogP contribution >= 0.6 is 34.8 Å². The van der Waals surface area contributed by atoms with Crippen molar-refractivity contribution in [3.05, 3.63) is 63.2 Å². The Morgan fingerprint density at radius 1 is 0.960 bits per heavy atom. The van der Waals surface area contributed by atoms with Crippen LogP contribution in [0.5, 0.6) is 0 Å². The largest absolute Gasteiger partial charge is 0.327 e. The molecule has 0 bridgehead atoms. The molecular weight excluding hydrogens is 387 g/mol. The van der Waals surface area contributed by atoms with E-state index < -0.39 is 11.9 Å². The number of fused-ring (bicyclic) bond motifs is 1. The van der Waals surface area contributed by atoms with Gasteiger partial charge < -0.3 is 0 Å². The van der Waals surface area contributed by atoms with Crippen molar-refractivity contribution in [2.24, 2.45) is 0 Å². The Balaban J connectivity index is 1.74. The maximum atomic E-state index is 12.1. The zero-order chi connectivity index (χ0) is 18.0. The monoisotopic (exact) mass is 394 g/mol. The molecule has 0 radical (unpaired) electrons. The van der Waals surface area contributed by atoms with Crippen LogP contribution in [0.1, 0.15) is 10.4 Å². The number of amides is 3. The first-order valence-electron chi connectivity index (χ1n) is 6.92. The number of benzene rings is 2. The maximum Gasteiger partial charge on any atom is 0.327 e. The minimum absolute atomic E-state index is 0.0141. The Morgan fingerprint density at radius 3 is 2.40 bits per heavy atom. The quantitative estimate of drug-likeness (QED) is 0.666. The summed E-state index contributed by atoms with van der Waals surface area (Å²) >= 11 is 17.7. The summed E-state index contributed by atoms with van der Waals surface area (Å²) < 4.78 is 0. The second-order valence-electron chi connectivity index (χ2n) is 4.89. The average Bonchev–Trinajstić information content (AvgIpc) is 2.54. The first-order valence-corrected chi connectivity index (χ1v) is 8.06. The predicted molar refractivity (Wildman–Crippen MR) is 97.5 cm³/mol. The van der Waals surface area contributed by atoms with Crippen LogP contribution in [0, 0.1) is 0 Å². The van der Waals surface area contributed by atoms with Crippen LogP contribution in [-0.2, 0) is 0 Å². The number of nitrogens with zero attached hydrogens (tertiary/aromatic N) is 2. The Labute approximate surface area is 157 Å². The minimum atomic E-state index is -0.788. The van der Waals surface area contributed by atoms with E-state index in [2.05, 4.69) is 20.6 Å². The fraction of sp³-hybridized carbons (Fsp3) is 0. The van der Waals surface area contributed by atoms with Crippen molar-refractivity contribution in [2.75, 3.05) is 5.32 Å². The first kappa shape index (κ1) is 17.4. The Kier molecular flexibility index (Phi) is 5.03. The van der Waals surface area contributed by atoms with Crippen molar-refractivity contribution in [3.8, 4) is 0 Å².